The van der Waals surface area contributed by atoms with E-state index in [0.29, 0.717) is 5.69 Å². The monoisotopic (exact) mass is 280 g/mol. The van der Waals surface area contributed by atoms with Crippen LogP contribution in [0.2, 0.25) is 0 Å². The lowest BCUT2D eigenvalue weighted by atomic mass is 10.1. The second kappa shape index (κ2) is 5.29. The second-order valence-corrected chi connectivity index (χ2v) is 4.05. The van der Waals surface area contributed by atoms with Crippen molar-refractivity contribution in [2.75, 3.05) is 0 Å². The van der Waals surface area contributed by atoms with E-state index in [1.165, 1.54) is 18.2 Å². The highest BCUT2D eigenvalue weighted by atomic mass is 19.4. The molecule has 6 heteroatoms. The van der Waals surface area contributed by atoms with Crippen molar-refractivity contribution in [1.82, 2.24) is 4.98 Å². The van der Waals surface area contributed by atoms with Gasteiger partial charge in [-0.2, -0.15) is 18.4 Å². The lowest BCUT2D eigenvalue weighted by Gasteiger charge is -2.09. The Labute approximate surface area is 112 Å². The highest BCUT2D eigenvalue weighted by Gasteiger charge is 2.30. The van der Waals surface area contributed by atoms with Gasteiger partial charge in [0.15, 0.2) is 0 Å². The Hall–Kier alpha value is -2.42. The molecule has 2 aromatic rings. The molecule has 20 heavy (non-hydrogen) atoms. The largest absolute Gasteiger partial charge is 0.416 e. The normalized spacial score (nSPS) is 11.2. The van der Waals surface area contributed by atoms with Crippen molar-refractivity contribution >= 4 is 0 Å². The molecule has 0 aliphatic carbocycles. The van der Waals surface area contributed by atoms with Gasteiger partial charge in [0.05, 0.1) is 23.7 Å². The van der Waals surface area contributed by atoms with Gasteiger partial charge in [0.2, 0.25) is 0 Å². The number of nitrogens with zero attached hydrogens (tertiary/aromatic N) is 2. The van der Waals surface area contributed by atoms with Crippen LogP contribution in [0.3, 0.4) is 0 Å². The van der Waals surface area contributed by atoms with Gasteiger partial charge in [-0.15, -0.1) is 0 Å². The van der Waals surface area contributed by atoms with Crippen molar-refractivity contribution in [3.8, 4) is 17.3 Å². The molecule has 102 valence electrons. The summed E-state index contributed by atoms with van der Waals surface area (Å²) in [5, 5.41) is 8.57. The number of hydrogen-bond donors (Lipinski definition) is 0. The fourth-order valence-electron chi connectivity index (χ4n) is 1.71. The van der Waals surface area contributed by atoms with Crippen LogP contribution in [0.15, 0.2) is 36.4 Å². The van der Waals surface area contributed by atoms with Crippen LogP contribution in [-0.4, -0.2) is 4.98 Å². The van der Waals surface area contributed by atoms with Crippen molar-refractivity contribution in [2.45, 2.75) is 12.6 Å². The van der Waals surface area contributed by atoms with Crippen LogP contribution in [0, 0.1) is 17.1 Å². The molecule has 0 fully saturated rings. The maximum absolute atomic E-state index is 13.7. The van der Waals surface area contributed by atoms with Crippen LogP contribution in [-0.2, 0) is 12.6 Å². The minimum atomic E-state index is -4.50. The van der Waals surface area contributed by atoms with E-state index in [4.69, 9.17) is 5.26 Å². The van der Waals surface area contributed by atoms with E-state index in [2.05, 4.69) is 4.98 Å². The highest BCUT2D eigenvalue weighted by Crippen LogP contribution is 2.32. The minimum Gasteiger partial charge on any atom is -0.249 e. The molecule has 0 saturated carbocycles. The third-order valence-electron chi connectivity index (χ3n) is 2.63. The summed E-state index contributed by atoms with van der Waals surface area (Å²) in [4.78, 5) is 3.89. The third-order valence-corrected chi connectivity index (χ3v) is 2.63. The molecule has 0 bridgehead atoms. The zero-order chi connectivity index (χ0) is 14.8. The fourth-order valence-corrected chi connectivity index (χ4v) is 1.71. The maximum Gasteiger partial charge on any atom is 0.416 e. The van der Waals surface area contributed by atoms with Crippen molar-refractivity contribution in [3.63, 3.8) is 0 Å². The third kappa shape index (κ3) is 2.94. The van der Waals surface area contributed by atoms with E-state index in [9.17, 15) is 17.6 Å². The van der Waals surface area contributed by atoms with Crippen LogP contribution < -0.4 is 0 Å². The van der Waals surface area contributed by atoms with Gasteiger partial charge < -0.3 is 0 Å². The Morgan fingerprint density at radius 3 is 2.55 bits per heavy atom. The first-order chi connectivity index (χ1) is 9.41. The summed E-state index contributed by atoms with van der Waals surface area (Å²) in [6.45, 7) is 0. The van der Waals surface area contributed by atoms with E-state index >= 15 is 0 Å². The standard InChI is InChI=1S/C14H8F4N2/c15-12-5-4-11(6-7-19)20-13(12)9-2-1-3-10(8-9)14(16,17)18/h1-5,8H,6H2. The van der Waals surface area contributed by atoms with Gasteiger partial charge in [-0.1, -0.05) is 12.1 Å². The SMILES string of the molecule is N#CCc1ccc(F)c(-c2cccc(C(F)(F)F)c2)n1. The van der Waals surface area contributed by atoms with Gasteiger partial charge in [-0.3, -0.25) is 0 Å². The van der Waals surface area contributed by atoms with Crippen molar-refractivity contribution in [1.29, 1.82) is 5.26 Å². The van der Waals surface area contributed by atoms with E-state index in [1.807, 2.05) is 6.07 Å². The molecule has 0 aliphatic rings. The van der Waals surface area contributed by atoms with Gasteiger partial charge in [-0.25, -0.2) is 9.37 Å². The summed E-state index contributed by atoms with van der Waals surface area (Å²) in [6, 6.07) is 8.55. The van der Waals surface area contributed by atoms with E-state index in [-0.39, 0.29) is 17.7 Å². The van der Waals surface area contributed by atoms with Crippen LogP contribution >= 0.6 is 0 Å². The van der Waals surface area contributed by atoms with E-state index in [1.54, 1.807) is 0 Å². The molecule has 0 aliphatic heterocycles. The lowest BCUT2D eigenvalue weighted by molar-refractivity contribution is -0.137. The van der Waals surface area contributed by atoms with Gasteiger partial charge >= 0.3 is 6.18 Å². The molecule has 0 N–H and O–H groups in total. The summed E-state index contributed by atoms with van der Waals surface area (Å²) in [5.41, 5.74) is -0.732. The molecular formula is C14H8F4N2. The fraction of sp³-hybridized carbons (Fsp3) is 0.143. The summed E-state index contributed by atoms with van der Waals surface area (Å²) in [7, 11) is 0. The smallest absolute Gasteiger partial charge is 0.249 e. The first-order valence-electron chi connectivity index (χ1n) is 5.62. The number of aromatic nitrogens is 1. The Bertz CT molecular complexity index is 672. The van der Waals surface area contributed by atoms with Gasteiger partial charge in [0, 0.05) is 5.56 Å². The minimum absolute atomic E-state index is 0.0251. The number of rotatable bonds is 2. The summed E-state index contributed by atoms with van der Waals surface area (Å²) in [6.07, 6.45) is -4.54. The molecule has 0 unspecified atom stereocenters. The zero-order valence-corrected chi connectivity index (χ0v) is 10.1. The Morgan fingerprint density at radius 2 is 1.90 bits per heavy atom. The van der Waals surface area contributed by atoms with Crippen LogP contribution in [0.4, 0.5) is 17.6 Å². The second-order valence-electron chi connectivity index (χ2n) is 4.05. The first-order valence-corrected chi connectivity index (χ1v) is 5.62. The molecule has 0 atom stereocenters. The van der Waals surface area contributed by atoms with Crippen LogP contribution in [0.25, 0.3) is 11.3 Å². The zero-order valence-electron chi connectivity index (χ0n) is 10.1. The highest BCUT2D eigenvalue weighted by molar-refractivity contribution is 5.61. The number of nitriles is 1. The van der Waals surface area contributed by atoms with E-state index in [0.717, 1.165) is 18.2 Å². The molecule has 1 aromatic heterocycles. The predicted octanol–water partition coefficient (Wildman–Crippen LogP) is 3.97. The van der Waals surface area contributed by atoms with Gasteiger partial charge in [0.1, 0.15) is 11.5 Å². The average molecular weight is 280 g/mol. The quantitative estimate of drug-likeness (QED) is 0.780. The number of hydrogen-bond acceptors (Lipinski definition) is 2. The molecule has 0 saturated heterocycles. The van der Waals surface area contributed by atoms with Crippen molar-refractivity contribution < 1.29 is 17.6 Å². The number of alkyl halides is 3. The summed E-state index contributed by atoms with van der Waals surface area (Å²) < 4.78 is 51.6. The molecule has 2 rings (SSSR count). The molecule has 0 amide bonds. The van der Waals surface area contributed by atoms with E-state index < -0.39 is 17.6 Å². The Balaban J connectivity index is 2.51. The van der Waals surface area contributed by atoms with Crippen molar-refractivity contribution in [3.05, 3.63) is 53.5 Å². The van der Waals surface area contributed by atoms with Crippen LogP contribution in [0.5, 0.6) is 0 Å². The molecular weight excluding hydrogens is 272 g/mol. The molecule has 1 heterocycles. The maximum atomic E-state index is 13.7. The number of halogens is 4. The average Bonchev–Trinajstić information content (AvgIpc) is 2.40. The molecule has 2 nitrogen and oxygen atoms in total. The lowest BCUT2D eigenvalue weighted by Crippen LogP contribution is -2.05. The van der Waals surface area contributed by atoms with Crippen LogP contribution in [0.1, 0.15) is 11.3 Å². The molecule has 1 aromatic carbocycles. The topological polar surface area (TPSA) is 36.7 Å². The summed E-state index contributed by atoms with van der Waals surface area (Å²) >= 11 is 0. The summed E-state index contributed by atoms with van der Waals surface area (Å²) in [5.74, 6) is -0.731. The number of benzene rings is 1. The van der Waals surface area contributed by atoms with Gasteiger partial charge in [-0.05, 0) is 24.3 Å². The number of pyridine rings is 1. The van der Waals surface area contributed by atoms with Gasteiger partial charge in [0.25, 0.3) is 0 Å². The molecule has 0 spiro atoms. The molecule has 0 radical (unpaired) electrons. The Kier molecular flexibility index (Phi) is 3.70. The first kappa shape index (κ1) is 14.0. The predicted molar refractivity (Wildman–Crippen MR) is 64.0 cm³/mol. The Morgan fingerprint density at radius 1 is 1.15 bits per heavy atom. The van der Waals surface area contributed by atoms with Crippen molar-refractivity contribution in [2.24, 2.45) is 0 Å².